The van der Waals surface area contributed by atoms with Crippen molar-refractivity contribution in [1.82, 2.24) is 4.98 Å². The summed E-state index contributed by atoms with van der Waals surface area (Å²) in [5.74, 6) is -0.973. The third kappa shape index (κ3) is 3.01. The maximum Gasteiger partial charge on any atom is 0.337 e. The number of hydrogen-bond acceptors (Lipinski definition) is 3. The lowest BCUT2D eigenvalue weighted by Crippen LogP contribution is -2.08. The van der Waals surface area contributed by atoms with Crippen LogP contribution < -0.4 is 5.73 Å². The summed E-state index contributed by atoms with van der Waals surface area (Å²) in [5, 5.41) is 8.54. The number of hydrogen-bond donors (Lipinski definition) is 2. The van der Waals surface area contributed by atoms with Crippen LogP contribution in [0.25, 0.3) is 0 Å². The van der Waals surface area contributed by atoms with E-state index >= 15 is 0 Å². The van der Waals surface area contributed by atoms with Gasteiger partial charge in [0.25, 0.3) is 0 Å². The van der Waals surface area contributed by atoms with Crippen molar-refractivity contribution in [3.63, 3.8) is 0 Å². The zero-order valence-corrected chi connectivity index (χ0v) is 7.91. The Morgan fingerprint density at radius 2 is 2.23 bits per heavy atom. The minimum absolute atomic E-state index is 0. The lowest BCUT2D eigenvalue weighted by Gasteiger charge is -2.03. The highest BCUT2D eigenvalue weighted by molar-refractivity contribution is 5.87. The van der Waals surface area contributed by atoms with Crippen LogP contribution >= 0.6 is 12.4 Å². The Labute approximate surface area is 82.2 Å². The molecule has 0 fully saturated rings. The minimum atomic E-state index is -0.973. The highest BCUT2D eigenvalue weighted by atomic mass is 35.5. The number of aromatic nitrogens is 1. The molecule has 0 saturated heterocycles. The normalized spacial score (nSPS) is 11.5. The number of pyridine rings is 1. The van der Waals surface area contributed by atoms with Crippen LogP contribution in [0, 0.1) is 0 Å². The second-order valence-corrected chi connectivity index (χ2v) is 2.57. The molecule has 1 aromatic rings. The number of nitrogens with zero attached hydrogens (tertiary/aromatic N) is 1. The zero-order chi connectivity index (χ0) is 9.14. The standard InChI is InChI=1S/C8H10N2O2.ClH/c1-5(9)7-3-2-6(4-10-7)8(11)12;/h2-5H,9H2,1H3,(H,11,12);1H/t5-;/m0./s1. The molecular formula is C8H11ClN2O2. The molecule has 72 valence electrons. The summed E-state index contributed by atoms with van der Waals surface area (Å²) >= 11 is 0. The Balaban J connectivity index is 0.00000144. The van der Waals surface area contributed by atoms with Gasteiger partial charge in [0.1, 0.15) is 0 Å². The molecule has 3 N–H and O–H groups in total. The van der Waals surface area contributed by atoms with E-state index in [1.54, 1.807) is 13.0 Å². The van der Waals surface area contributed by atoms with Crippen LogP contribution in [0.5, 0.6) is 0 Å². The maximum absolute atomic E-state index is 10.4. The molecule has 1 atom stereocenters. The lowest BCUT2D eigenvalue weighted by molar-refractivity contribution is 0.0696. The number of rotatable bonds is 2. The number of nitrogens with two attached hydrogens (primary N) is 1. The third-order valence-corrected chi connectivity index (χ3v) is 1.50. The quantitative estimate of drug-likeness (QED) is 0.756. The van der Waals surface area contributed by atoms with Crippen molar-refractivity contribution in [2.24, 2.45) is 5.73 Å². The van der Waals surface area contributed by atoms with Crippen molar-refractivity contribution in [2.75, 3.05) is 0 Å². The molecular weight excluding hydrogens is 192 g/mol. The summed E-state index contributed by atoms with van der Waals surface area (Å²) in [6.07, 6.45) is 1.31. The number of aromatic carboxylic acids is 1. The van der Waals surface area contributed by atoms with Crippen molar-refractivity contribution in [3.05, 3.63) is 29.6 Å². The molecule has 0 aliphatic carbocycles. The van der Waals surface area contributed by atoms with Gasteiger partial charge in [0, 0.05) is 12.2 Å². The predicted octanol–water partition coefficient (Wildman–Crippen LogP) is 1.22. The van der Waals surface area contributed by atoms with Crippen molar-refractivity contribution in [3.8, 4) is 0 Å². The van der Waals surface area contributed by atoms with Crippen LogP contribution in [0.1, 0.15) is 29.0 Å². The summed E-state index contributed by atoms with van der Waals surface area (Å²) in [6, 6.07) is 2.95. The molecule has 0 aliphatic heterocycles. The van der Waals surface area contributed by atoms with Crippen molar-refractivity contribution in [1.29, 1.82) is 0 Å². The second-order valence-electron chi connectivity index (χ2n) is 2.57. The number of carbonyl (C=O) groups is 1. The average Bonchev–Trinajstić information content (AvgIpc) is 2.04. The summed E-state index contributed by atoms with van der Waals surface area (Å²) in [4.78, 5) is 14.3. The Morgan fingerprint density at radius 1 is 1.62 bits per heavy atom. The topological polar surface area (TPSA) is 76.2 Å². The molecule has 0 spiro atoms. The van der Waals surface area contributed by atoms with Crippen molar-refractivity contribution >= 4 is 18.4 Å². The highest BCUT2D eigenvalue weighted by Gasteiger charge is 2.04. The highest BCUT2D eigenvalue weighted by Crippen LogP contribution is 2.06. The van der Waals surface area contributed by atoms with Gasteiger partial charge >= 0.3 is 5.97 Å². The van der Waals surface area contributed by atoms with E-state index in [0.29, 0.717) is 5.69 Å². The van der Waals surface area contributed by atoms with Crippen molar-refractivity contribution < 1.29 is 9.90 Å². The molecule has 0 amide bonds. The average molecular weight is 203 g/mol. The molecule has 1 rings (SSSR count). The Hall–Kier alpha value is -1.13. The van der Waals surface area contributed by atoms with Crippen LogP contribution in [0.4, 0.5) is 0 Å². The van der Waals surface area contributed by atoms with Gasteiger partial charge in [-0.3, -0.25) is 4.98 Å². The first kappa shape index (κ1) is 11.9. The Bertz CT molecular complexity index is 285. The van der Waals surface area contributed by atoms with Crippen LogP contribution in [0.3, 0.4) is 0 Å². The molecule has 1 heterocycles. The van der Waals surface area contributed by atoms with Gasteiger partial charge in [0.05, 0.1) is 11.3 Å². The van der Waals surface area contributed by atoms with E-state index in [1.165, 1.54) is 12.3 Å². The van der Waals surface area contributed by atoms with E-state index in [0.717, 1.165) is 0 Å². The number of carboxylic acid groups (broad SMARTS) is 1. The van der Waals surface area contributed by atoms with Gasteiger partial charge in [-0.15, -0.1) is 12.4 Å². The molecule has 0 bridgehead atoms. The Morgan fingerprint density at radius 3 is 2.54 bits per heavy atom. The van der Waals surface area contributed by atoms with Crippen molar-refractivity contribution in [2.45, 2.75) is 13.0 Å². The van der Waals surface area contributed by atoms with E-state index in [2.05, 4.69) is 4.98 Å². The molecule has 0 unspecified atom stereocenters. The van der Waals surface area contributed by atoms with Crippen LogP contribution in [0.15, 0.2) is 18.3 Å². The first-order valence-electron chi connectivity index (χ1n) is 3.56. The van der Waals surface area contributed by atoms with E-state index in [9.17, 15) is 4.79 Å². The van der Waals surface area contributed by atoms with Gasteiger partial charge in [-0.1, -0.05) is 0 Å². The van der Waals surface area contributed by atoms with Gasteiger partial charge in [-0.25, -0.2) is 4.79 Å². The smallest absolute Gasteiger partial charge is 0.337 e. The van der Waals surface area contributed by atoms with Gasteiger partial charge in [-0.2, -0.15) is 0 Å². The van der Waals surface area contributed by atoms with Gasteiger partial charge in [0.15, 0.2) is 0 Å². The summed E-state index contributed by atoms with van der Waals surface area (Å²) in [5.41, 5.74) is 6.40. The predicted molar refractivity (Wildman–Crippen MR) is 51.0 cm³/mol. The monoisotopic (exact) mass is 202 g/mol. The molecule has 5 heteroatoms. The van der Waals surface area contributed by atoms with Crippen LogP contribution in [-0.2, 0) is 0 Å². The fourth-order valence-electron chi connectivity index (χ4n) is 0.801. The molecule has 0 aliphatic rings. The van der Waals surface area contributed by atoms with E-state index in [-0.39, 0.29) is 24.0 Å². The summed E-state index contributed by atoms with van der Waals surface area (Å²) < 4.78 is 0. The van der Waals surface area contributed by atoms with E-state index in [4.69, 9.17) is 10.8 Å². The van der Waals surface area contributed by atoms with Gasteiger partial charge in [0.2, 0.25) is 0 Å². The maximum atomic E-state index is 10.4. The summed E-state index contributed by atoms with van der Waals surface area (Å²) in [7, 11) is 0. The third-order valence-electron chi connectivity index (χ3n) is 1.50. The molecule has 13 heavy (non-hydrogen) atoms. The van der Waals surface area contributed by atoms with Gasteiger partial charge in [-0.05, 0) is 19.1 Å². The largest absolute Gasteiger partial charge is 0.478 e. The van der Waals surface area contributed by atoms with E-state index < -0.39 is 5.97 Å². The number of halogens is 1. The Kier molecular flexibility index (Phi) is 4.37. The second kappa shape index (κ2) is 4.79. The summed E-state index contributed by atoms with van der Waals surface area (Å²) in [6.45, 7) is 1.79. The molecule has 0 radical (unpaired) electrons. The van der Waals surface area contributed by atoms with Crippen LogP contribution in [0.2, 0.25) is 0 Å². The minimum Gasteiger partial charge on any atom is -0.478 e. The number of carboxylic acids is 1. The first-order chi connectivity index (χ1) is 5.61. The van der Waals surface area contributed by atoms with Gasteiger partial charge < -0.3 is 10.8 Å². The lowest BCUT2D eigenvalue weighted by atomic mass is 10.2. The fourth-order valence-corrected chi connectivity index (χ4v) is 0.801. The molecule has 4 nitrogen and oxygen atoms in total. The van der Waals surface area contributed by atoms with Crippen LogP contribution in [-0.4, -0.2) is 16.1 Å². The fraction of sp³-hybridized carbons (Fsp3) is 0.250. The molecule has 1 aromatic heterocycles. The molecule has 0 saturated carbocycles. The molecule has 0 aromatic carbocycles. The van der Waals surface area contributed by atoms with E-state index in [1.807, 2.05) is 0 Å². The zero-order valence-electron chi connectivity index (χ0n) is 7.10. The first-order valence-corrected chi connectivity index (χ1v) is 3.56. The SMILES string of the molecule is C[C@H](N)c1ccc(C(=O)O)cn1.Cl.